The van der Waals surface area contributed by atoms with Gasteiger partial charge >= 0.3 is 12.1 Å². The van der Waals surface area contributed by atoms with Crippen molar-refractivity contribution < 1.29 is 22.7 Å². The molecule has 0 N–H and O–H groups in total. The maximum atomic E-state index is 12.8. The summed E-state index contributed by atoms with van der Waals surface area (Å²) < 4.78 is 43.4. The van der Waals surface area contributed by atoms with Crippen LogP contribution < -0.4 is 0 Å². The first-order valence-electron chi connectivity index (χ1n) is 8.00. The number of benzene rings is 1. The Balaban J connectivity index is 1.72. The largest absolute Gasteiger partial charge is 0.469 e. The van der Waals surface area contributed by atoms with E-state index in [-0.39, 0.29) is 17.3 Å². The maximum Gasteiger partial charge on any atom is 0.416 e. The predicted molar refractivity (Wildman–Crippen MR) is 86.3 cm³/mol. The minimum atomic E-state index is -4.33. The molecule has 0 aliphatic carbocycles. The van der Waals surface area contributed by atoms with Crippen LogP contribution in [0.15, 0.2) is 24.3 Å². The number of hydrogen-bond donors (Lipinski definition) is 0. The van der Waals surface area contributed by atoms with Crippen molar-refractivity contribution in [3.05, 3.63) is 35.4 Å². The summed E-state index contributed by atoms with van der Waals surface area (Å²) in [5.74, 6) is 0.381. The van der Waals surface area contributed by atoms with E-state index in [0.717, 1.165) is 32.0 Å². The van der Waals surface area contributed by atoms with Crippen molar-refractivity contribution in [1.82, 2.24) is 4.90 Å². The molecule has 0 aromatic heterocycles. The van der Waals surface area contributed by atoms with Crippen molar-refractivity contribution in [3.8, 4) is 0 Å². The van der Waals surface area contributed by atoms with E-state index in [0.29, 0.717) is 17.2 Å². The molecule has 0 amide bonds. The van der Waals surface area contributed by atoms with E-state index in [9.17, 15) is 18.0 Å². The molecule has 132 valence electrons. The van der Waals surface area contributed by atoms with Crippen LogP contribution in [0.3, 0.4) is 0 Å². The fourth-order valence-corrected chi connectivity index (χ4v) is 5.17. The van der Waals surface area contributed by atoms with Crippen LogP contribution in [0.2, 0.25) is 0 Å². The molecule has 4 rings (SSSR count). The van der Waals surface area contributed by atoms with Gasteiger partial charge in [-0.1, -0.05) is 18.2 Å². The summed E-state index contributed by atoms with van der Waals surface area (Å²) in [5.41, 5.74) is -0.00308. The van der Waals surface area contributed by atoms with Crippen LogP contribution in [-0.2, 0) is 21.5 Å². The molecular weight excluding hydrogens is 339 g/mol. The Morgan fingerprint density at radius 3 is 2.67 bits per heavy atom. The molecule has 0 radical (unpaired) electrons. The molecule has 1 aromatic rings. The van der Waals surface area contributed by atoms with E-state index < -0.39 is 11.7 Å². The lowest BCUT2D eigenvalue weighted by Gasteiger charge is -2.49. The Morgan fingerprint density at radius 1 is 1.33 bits per heavy atom. The fourth-order valence-electron chi connectivity index (χ4n) is 3.67. The Morgan fingerprint density at radius 2 is 2.04 bits per heavy atom. The Hall–Kier alpha value is -1.21. The lowest BCUT2D eigenvalue weighted by molar-refractivity contribution is -0.153. The van der Waals surface area contributed by atoms with Gasteiger partial charge in [0.1, 0.15) is 0 Å². The highest BCUT2D eigenvalue weighted by molar-refractivity contribution is 7.99. The highest BCUT2D eigenvalue weighted by atomic mass is 32.2. The summed E-state index contributed by atoms with van der Waals surface area (Å²) in [4.78, 5) is 14.4. The number of alkyl halides is 3. The minimum Gasteiger partial charge on any atom is -0.469 e. The number of fused-ring (bicyclic) bond motifs is 3. The number of carbonyl (C=O) groups excluding carboxylic acids is 1. The van der Waals surface area contributed by atoms with Crippen molar-refractivity contribution in [2.24, 2.45) is 11.8 Å². The Kier molecular flexibility index (Phi) is 5.11. The number of halogens is 3. The van der Waals surface area contributed by atoms with Gasteiger partial charge in [0.2, 0.25) is 0 Å². The molecule has 3 nitrogen and oxygen atoms in total. The number of nitrogens with zero attached hydrogens (tertiary/aromatic N) is 1. The van der Waals surface area contributed by atoms with Crippen molar-refractivity contribution in [1.29, 1.82) is 0 Å². The smallest absolute Gasteiger partial charge is 0.416 e. The lowest BCUT2D eigenvalue weighted by atomic mass is 9.79. The van der Waals surface area contributed by atoms with Gasteiger partial charge in [-0.15, -0.1) is 11.8 Å². The van der Waals surface area contributed by atoms with E-state index in [1.165, 1.54) is 19.2 Å². The second kappa shape index (κ2) is 6.96. The number of ether oxygens (including phenoxy) is 1. The molecule has 2 bridgehead atoms. The van der Waals surface area contributed by atoms with Crippen LogP contribution >= 0.6 is 11.8 Å². The van der Waals surface area contributed by atoms with E-state index in [4.69, 9.17) is 4.74 Å². The van der Waals surface area contributed by atoms with Gasteiger partial charge in [-0.2, -0.15) is 13.2 Å². The number of hydrogen-bond acceptors (Lipinski definition) is 4. The van der Waals surface area contributed by atoms with Gasteiger partial charge in [0, 0.05) is 5.75 Å². The number of carbonyl (C=O) groups is 1. The van der Waals surface area contributed by atoms with Crippen LogP contribution in [0, 0.1) is 11.8 Å². The average Bonchev–Trinajstić information content (AvgIpc) is 2.59. The number of methoxy groups -OCH3 is 1. The standard InChI is InChI=1S/C17H20F3NO2S/c1-23-16(22)14-12-5-7-21(8-6-12)15(14)24-10-11-3-2-4-13(9-11)17(18,19)20/h2-4,9,12,14-15H,5-8,10H2,1H3/t14-,15-/m0/s1. The highest BCUT2D eigenvalue weighted by Gasteiger charge is 2.46. The molecule has 3 fully saturated rings. The average molecular weight is 359 g/mol. The third-order valence-corrected chi connectivity index (χ3v) is 6.33. The number of rotatable bonds is 4. The second-order valence-electron chi connectivity index (χ2n) is 6.32. The van der Waals surface area contributed by atoms with E-state index in [1.807, 2.05) is 0 Å². The summed E-state index contributed by atoms with van der Waals surface area (Å²) in [7, 11) is 1.40. The molecule has 1 aromatic carbocycles. The Labute approximate surface area is 143 Å². The fraction of sp³-hybridized carbons (Fsp3) is 0.588. The van der Waals surface area contributed by atoms with Gasteiger partial charge < -0.3 is 4.74 Å². The van der Waals surface area contributed by atoms with Crippen LogP contribution in [0.5, 0.6) is 0 Å². The molecule has 3 heterocycles. The normalized spacial score (nSPS) is 29.5. The number of piperidine rings is 3. The first-order valence-corrected chi connectivity index (χ1v) is 9.04. The van der Waals surface area contributed by atoms with Gasteiger partial charge in [-0.3, -0.25) is 9.69 Å². The highest BCUT2D eigenvalue weighted by Crippen LogP contribution is 2.43. The molecular formula is C17H20F3NO2S. The van der Waals surface area contributed by atoms with Gasteiger partial charge in [0.25, 0.3) is 0 Å². The summed E-state index contributed by atoms with van der Waals surface area (Å²) in [6.07, 6.45) is -2.36. The first-order chi connectivity index (χ1) is 11.4. The van der Waals surface area contributed by atoms with Crippen LogP contribution in [-0.4, -0.2) is 36.4 Å². The van der Waals surface area contributed by atoms with Crippen molar-refractivity contribution in [2.75, 3.05) is 20.2 Å². The summed E-state index contributed by atoms with van der Waals surface area (Å²) in [6, 6.07) is 5.41. The van der Waals surface area contributed by atoms with Gasteiger partial charge in [0.05, 0.1) is 24.0 Å². The van der Waals surface area contributed by atoms with Crippen LogP contribution in [0.25, 0.3) is 0 Å². The van der Waals surface area contributed by atoms with Crippen molar-refractivity contribution in [3.63, 3.8) is 0 Å². The van der Waals surface area contributed by atoms with Gasteiger partial charge in [0.15, 0.2) is 0 Å². The molecule has 7 heteroatoms. The zero-order valence-corrected chi connectivity index (χ0v) is 14.2. The molecule has 3 aliphatic rings. The molecule has 0 spiro atoms. The molecule has 3 aliphatic heterocycles. The minimum absolute atomic E-state index is 0.0144. The van der Waals surface area contributed by atoms with E-state index >= 15 is 0 Å². The molecule has 0 unspecified atom stereocenters. The summed E-state index contributed by atoms with van der Waals surface area (Å²) in [5, 5.41) is -0.0144. The quantitative estimate of drug-likeness (QED) is 0.766. The van der Waals surface area contributed by atoms with E-state index in [2.05, 4.69) is 4.90 Å². The third-order valence-electron chi connectivity index (χ3n) is 4.90. The topological polar surface area (TPSA) is 29.5 Å². The predicted octanol–water partition coefficient (Wildman–Crippen LogP) is 3.78. The van der Waals surface area contributed by atoms with Crippen molar-refractivity contribution >= 4 is 17.7 Å². The first kappa shape index (κ1) is 17.6. The lowest BCUT2D eigenvalue weighted by Crippen LogP contribution is -2.55. The Bertz CT molecular complexity index is 600. The van der Waals surface area contributed by atoms with Crippen LogP contribution in [0.1, 0.15) is 24.0 Å². The molecule has 3 saturated heterocycles. The molecule has 2 atom stereocenters. The van der Waals surface area contributed by atoms with E-state index in [1.54, 1.807) is 17.8 Å². The van der Waals surface area contributed by atoms with Crippen LogP contribution in [0.4, 0.5) is 13.2 Å². The molecule has 24 heavy (non-hydrogen) atoms. The SMILES string of the molecule is COC(=O)[C@H]1C2CCN(CC2)[C@H]1SCc1cccc(C(F)(F)F)c1. The second-order valence-corrected chi connectivity index (χ2v) is 7.43. The number of esters is 1. The van der Waals surface area contributed by atoms with Crippen molar-refractivity contribution in [2.45, 2.75) is 30.1 Å². The zero-order valence-electron chi connectivity index (χ0n) is 13.4. The summed E-state index contributed by atoms with van der Waals surface area (Å²) >= 11 is 1.54. The maximum absolute atomic E-state index is 12.8. The summed E-state index contributed by atoms with van der Waals surface area (Å²) in [6.45, 7) is 1.89. The molecule has 0 saturated carbocycles. The van der Waals surface area contributed by atoms with Gasteiger partial charge in [-0.25, -0.2) is 0 Å². The third kappa shape index (κ3) is 3.57. The monoisotopic (exact) mass is 359 g/mol. The number of thioether (sulfide) groups is 1. The zero-order chi connectivity index (χ0) is 17.3. The van der Waals surface area contributed by atoms with Gasteiger partial charge in [-0.05, 0) is 43.5 Å².